The molecule has 0 radical (unpaired) electrons. The molecule has 12 heavy (non-hydrogen) atoms. The van der Waals surface area contributed by atoms with Crippen molar-refractivity contribution in [2.75, 3.05) is 0 Å². The Morgan fingerprint density at radius 1 is 1.42 bits per heavy atom. The zero-order chi connectivity index (χ0) is 9.14. The molecule has 0 aromatic rings. The number of hydrogen-bond donors (Lipinski definition) is 1. The smallest absolute Gasteiger partial charge is 0.336 e. The van der Waals surface area contributed by atoms with Gasteiger partial charge in [0.2, 0.25) is 0 Å². The third kappa shape index (κ3) is 2.04. The number of carboxylic acids is 1. The van der Waals surface area contributed by atoms with Gasteiger partial charge in [0.15, 0.2) is 18.0 Å². The highest BCUT2D eigenvalue weighted by molar-refractivity contribution is 5.93. The minimum Gasteiger partial charge on any atom is -0.479 e. The third-order valence-electron chi connectivity index (χ3n) is 1.83. The molecule has 68 valence electrons. The van der Waals surface area contributed by atoms with E-state index in [0.717, 1.165) is 12.8 Å². The van der Waals surface area contributed by atoms with Gasteiger partial charge in [0, 0.05) is 6.42 Å². The number of carboxylic acid groups (broad SMARTS) is 1. The van der Waals surface area contributed by atoms with Crippen molar-refractivity contribution in [3.05, 3.63) is 0 Å². The third-order valence-corrected chi connectivity index (χ3v) is 1.83. The van der Waals surface area contributed by atoms with E-state index in [-0.39, 0.29) is 5.78 Å². The van der Waals surface area contributed by atoms with Crippen LogP contribution in [0, 0.1) is 0 Å². The van der Waals surface area contributed by atoms with Crippen LogP contribution in [0.1, 0.15) is 26.2 Å². The zero-order valence-corrected chi connectivity index (χ0v) is 6.95. The number of rotatable bonds is 5. The van der Waals surface area contributed by atoms with Gasteiger partial charge in [-0.25, -0.2) is 4.79 Å². The van der Waals surface area contributed by atoms with Crippen molar-refractivity contribution in [2.24, 2.45) is 0 Å². The monoisotopic (exact) mass is 172 g/mol. The largest absolute Gasteiger partial charge is 0.479 e. The number of carbonyl (C=O) groups is 2. The molecule has 1 N–H and O–H groups in total. The highest BCUT2D eigenvalue weighted by atomic mass is 16.6. The molecule has 0 bridgehead atoms. The van der Waals surface area contributed by atoms with E-state index in [4.69, 9.17) is 5.11 Å². The first-order chi connectivity index (χ1) is 5.66. The minimum atomic E-state index is -1.04. The Labute approximate surface area is 70.5 Å². The summed E-state index contributed by atoms with van der Waals surface area (Å²) >= 11 is 0. The lowest BCUT2D eigenvalue weighted by molar-refractivity contribution is -0.138. The van der Waals surface area contributed by atoms with Crippen molar-refractivity contribution in [1.29, 1.82) is 0 Å². The fraction of sp³-hybridized carbons (Fsp3) is 0.750. The second-order valence-electron chi connectivity index (χ2n) is 2.89. The van der Waals surface area contributed by atoms with E-state index in [1.807, 2.05) is 6.92 Å². The van der Waals surface area contributed by atoms with Gasteiger partial charge in [-0.3, -0.25) is 4.79 Å². The second-order valence-corrected chi connectivity index (χ2v) is 2.89. The SMILES string of the molecule is CCCCC(=O)C1OC1C(=O)O. The molecule has 1 rings (SSSR count). The minimum absolute atomic E-state index is 0.0794. The van der Waals surface area contributed by atoms with Gasteiger partial charge in [-0.1, -0.05) is 13.3 Å². The molecule has 2 unspecified atom stereocenters. The molecule has 0 spiro atoms. The molecule has 0 amide bonds. The Morgan fingerprint density at radius 3 is 2.50 bits per heavy atom. The van der Waals surface area contributed by atoms with Crippen molar-refractivity contribution in [1.82, 2.24) is 0 Å². The normalized spacial score (nSPS) is 26.8. The Bertz CT molecular complexity index is 199. The van der Waals surface area contributed by atoms with Crippen molar-refractivity contribution in [3.8, 4) is 0 Å². The summed E-state index contributed by atoms with van der Waals surface area (Å²) in [6.07, 6.45) is 0.662. The molecule has 0 aliphatic carbocycles. The summed E-state index contributed by atoms with van der Waals surface area (Å²) in [7, 11) is 0. The molecule has 4 nitrogen and oxygen atoms in total. The summed E-state index contributed by atoms with van der Waals surface area (Å²) in [4.78, 5) is 21.4. The number of hydrogen-bond acceptors (Lipinski definition) is 3. The van der Waals surface area contributed by atoms with Crippen LogP contribution in [0.5, 0.6) is 0 Å². The molecule has 1 saturated heterocycles. The number of carbonyl (C=O) groups excluding carboxylic acids is 1. The number of ether oxygens (including phenoxy) is 1. The first-order valence-electron chi connectivity index (χ1n) is 4.07. The van der Waals surface area contributed by atoms with Crippen molar-refractivity contribution < 1.29 is 19.4 Å². The number of unbranched alkanes of at least 4 members (excludes halogenated alkanes) is 1. The van der Waals surface area contributed by atoms with Crippen molar-refractivity contribution in [2.45, 2.75) is 38.4 Å². The van der Waals surface area contributed by atoms with E-state index in [1.165, 1.54) is 0 Å². The van der Waals surface area contributed by atoms with Crippen LogP contribution in [0.15, 0.2) is 0 Å². The second kappa shape index (κ2) is 3.67. The topological polar surface area (TPSA) is 66.9 Å². The molecule has 1 aliphatic heterocycles. The molecule has 1 heterocycles. The van der Waals surface area contributed by atoms with E-state index >= 15 is 0 Å². The van der Waals surface area contributed by atoms with Gasteiger partial charge >= 0.3 is 5.97 Å². The van der Waals surface area contributed by atoms with Crippen LogP contribution in [0.2, 0.25) is 0 Å². The Morgan fingerprint density at radius 2 is 2.08 bits per heavy atom. The van der Waals surface area contributed by atoms with Gasteiger partial charge in [0.25, 0.3) is 0 Å². The van der Waals surface area contributed by atoms with E-state index in [2.05, 4.69) is 4.74 Å². The maximum atomic E-state index is 11.1. The van der Waals surface area contributed by atoms with Crippen LogP contribution in [-0.4, -0.2) is 29.1 Å². The standard InChI is InChI=1S/C8H12O4/c1-2-3-4-5(9)6-7(12-6)8(10)11/h6-7H,2-4H2,1H3,(H,10,11). The fourth-order valence-corrected chi connectivity index (χ4v) is 1.04. The van der Waals surface area contributed by atoms with Crippen molar-refractivity contribution >= 4 is 11.8 Å². The van der Waals surface area contributed by atoms with Gasteiger partial charge in [0.1, 0.15) is 0 Å². The van der Waals surface area contributed by atoms with Gasteiger partial charge in [-0.15, -0.1) is 0 Å². The lowest BCUT2D eigenvalue weighted by Crippen LogP contribution is -2.15. The quantitative estimate of drug-likeness (QED) is 0.616. The maximum Gasteiger partial charge on any atom is 0.336 e. The highest BCUT2D eigenvalue weighted by Crippen LogP contribution is 2.24. The molecule has 1 aliphatic rings. The summed E-state index contributed by atoms with van der Waals surface area (Å²) in [5, 5.41) is 8.42. The number of ketones is 1. The van der Waals surface area contributed by atoms with E-state index in [9.17, 15) is 9.59 Å². The maximum absolute atomic E-state index is 11.1. The van der Waals surface area contributed by atoms with Gasteiger partial charge < -0.3 is 9.84 Å². The molecule has 0 aromatic carbocycles. The number of Topliss-reactive ketones (excluding diaryl/α,β-unsaturated/α-hetero) is 1. The summed E-state index contributed by atoms with van der Waals surface area (Å²) in [6, 6.07) is 0. The summed E-state index contributed by atoms with van der Waals surface area (Å²) in [6.45, 7) is 1.98. The van der Waals surface area contributed by atoms with E-state index < -0.39 is 18.2 Å². The van der Waals surface area contributed by atoms with Gasteiger partial charge in [-0.2, -0.15) is 0 Å². The molecule has 2 atom stereocenters. The van der Waals surface area contributed by atoms with Crippen molar-refractivity contribution in [3.63, 3.8) is 0 Å². The first-order valence-corrected chi connectivity index (χ1v) is 4.07. The highest BCUT2D eigenvalue weighted by Gasteiger charge is 2.49. The lowest BCUT2D eigenvalue weighted by atomic mass is 10.1. The van der Waals surface area contributed by atoms with Gasteiger partial charge in [-0.05, 0) is 6.42 Å². The van der Waals surface area contributed by atoms with Crippen LogP contribution >= 0.6 is 0 Å². The van der Waals surface area contributed by atoms with E-state index in [0.29, 0.717) is 6.42 Å². The lowest BCUT2D eigenvalue weighted by Gasteiger charge is -1.92. The Kier molecular flexibility index (Phi) is 2.81. The molecular formula is C8H12O4. The predicted molar refractivity (Wildman–Crippen MR) is 40.8 cm³/mol. The zero-order valence-electron chi connectivity index (χ0n) is 6.95. The number of aliphatic carboxylic acids is 1. The predicted octanol–water partition coefficient (Wildman–Crippen LogP) is 0.598. The molecule has 4 heteroatoms. The molecule has 1 fully saturated rings. The number of epoxide rings is 1. The molecule has 0 saturated carbocycles. The van der Waals surface area contributed by atoms with Crippen LogP contribution in [-0.2, 0) is 14.3 Å². The summed E-state index contributed by atoms with van der Waals surface area (Å²) < 4.78 is 4.69. The first kappa shape index (κ1) is 9.19. The van der Waals surface area contributed by atoms with E-state index in [1.54, 1.807) is 0 Å². The molecular weight excluding hydrogens is 160 g/mol. The van der Waals surface area contributed by atoms with Crippen LogP contribution in [0.4, 0.5) is 0 Å². The molecule has 0 aromatic heterocycles. The summed E-state index contributed by atoms with van der Waals surface area (Å²) in [5.74, 6) is -1.12. The van der Waals surface area contributed by atoms with Crippen LogP contribution in [0.3, 0.4) is 0 Å². The Hall–Kier alpha value is -0.900. The summed E-state index contributed by atoms with van der Waals surface area (Å²) in [5.41, 5.74) is 0. The fourth-order valence-electron chi connectivity index (χ4n) is 1.04. The average molecular weight is 172 g/mol. The van der Waals surface area contributed by atoms with Crippen LogP contribution in [0.25, 0.3) is 0 Å². The average Bonchev–Trinajstić information content (AvgIpc) is 2.78. The van der Waals surface area contributed by atoms with Crippen LogP contribution < -0.4 is 0 Å². The Balaban J connectivity index is 2.24. The van der Waals surface area contributed by atoms with Gasteiger partial charge in [0.05, 0.1) is 0 Å².